The third-order valence-electron chi connectivity index (χ3n) is 3.97. The first-order valence-corrected chi connectivity index (χ1v) is 8.09. The average Bonchev–Trinajstić information content (AvgIpc) is 2.92. The lowest BCUT2D eigenvalue weighted by Crippen LogP contribution is -2.32. The van der Waals surface area contributed by atoms with E-state index >= 15 is 0 Å². The first-order valence-electron chi connectivity index (χ1n) is 8.09. The van der Waals surface area contributed by atoms with Crippen LogP contribution in [0.5, 0.6) is 0 Å². The van der Waals surface area contributed by atoms with Crippen LogP contribution >= 0.6 is 0 Å². The molecule has 6 heteroatoms. The molecule has 3 rings (SSSR count). The quantitative estimate of drug-likeness (QED) is 0.771. The van der Waals surface area contributed by atoms with E-state index in [0.717, 1.165) is 11.1 Å². The summed E-state index contributed by atoms with van der Waals surface area (Å²) in [5, 5.41) is 7.05. The molecule has 1 heterocycles. The van der Waals surface area contributed by atoms with E-state index in [1.807, 2.05) is 61.5 Å². The van der Waals surface area contributed by atoms with Crippen LogP contribution < -0.4 is 11.0 Å². The summed E-state index contributed by atoms with van der Waals surface area (Å²) in [5.74, 6) is 0.321. The number of hydrogen-bond acceptors (Lipinski definition) is 3. The molecule has 0 radical (unpaired) electrons. The van der Waals surface area contributed by atoms with E-state index in [0.29, 0.717) is 17.9 Å². The van der Waals surface area contributed by atoms with Gasteiger partial charge in [-0.1, -0.05) is 42.5 Å². The van der Waals surface area contributed by atoms with Crippen LogP contribution in [-0.2, 0) is 17.8 Å². The molecule has 0 spiro atoms. The van der Waals surface area contributed by atoms with Crippen molar-refractivity contribution in [3.05, 3.63) is 82.0 Å². The zero-order valence-electron chi connectivity index (χ0n) is 14.3. The van der Waals surface area contributed by atoms with Crippen molar-refractivity contribution >= 4 is 5.91 Å². The predicted octanol–water partition coefficient (Wildman–Crippen LogP) is 1.68. The molecule has 0 fully saturated rings. The van der Waals surface area contributed by atoms with Crippen molar-refractivity contribution < 1.29 is 4.79 Å². The summed E-state index contributed by atoms with van der Waals surface area (Å²) in [6.45, 7) is 1.91. The lowest BCUT2D eigenvalue weighted by molar-refractivity contribution is -0.121. The number of rotatable bonds is 5. The fourth-order valence-corrected chi connectivity index (χ4v) is 2.66. The zero-order valence-corrected chi connectivity index (χ0v) is 14.3. The molecule has 1 N–H and O–H groups in total. The maximum absolute atomic E-state index is 12.8. The summed E-state index contributed by atoms with van der Waals surface area (Å²) < 4.78 is 2.78. The molecule has 6 nitrogen and oxygen atoms in total. The number of aryl methyl sites for hydroxylation is 1. The predicted molar refractivity (Wildman–Crippen MR) is 95.9 cm³/mol. The van der Waals surface area contributed by atoms with Gasteiger partial charge in [0.2, 0.25) is 5.91 Å². The molecular formula is C19H20N4O2. The van der Waals surface area contributed by atoms with Crippen molar-refractivity contribution in [1.29, 1.82) is 0 Å². The van der Waals surface area contributed by atoms with Crippen LogP contribution in [-0.4, -0.2) is 27.3 Å². The Morgan fingerprint density at radius 3 is 2.56 bits per heavy atom. The van der Waals surface area contributed by atoms with Gasteiger partial charge in [-0.05, 0) is 30.2 Å². The number of aromatic nitrogens is 3. The smallest absolute Gasteiger partial charge is 0.351 e. The van der Waals surface area contributed by atoms with E-state index in [-0.39, 0.29) is 18.1 Å². The second-order valence-electron chi connectivity index (χ2n) is 5.87. The molecule has 3 aromatic rings. The Kier molecular flexibility index (Phi) is 4.79. The number of nitrogens with one attached hydrogen (secondary N) is 1. The first kappa shape index (κ1) is 16.7. The van der Waals surface area contributed by atoms with Gasteiger partial charge in [-0.3, -0.25) is 9.36 Å². The minimum Gasteiger partial charge on any atom is -0.358 e. The van der Waals surface area contributed by atoms with Gasteiger partial charge in [0, 0.05) is 13.5 Å². The Labute approximate surface area is 145 Å². The molecule has 0 atom stereocenters. The largest absolute Gasteiger partial charge is 0.358 e. The maximum atomic E-state index is 12.8. The van der Waals surface area contributed by atoms with E-state index in [9.17, 15) is 9.59 Å². The average molecular weight is 336 g/mol. The van der Waals surface area contributed by atoms with Crippen molar-refractivity contribution in [2.24, 2.45) is 0 Å². The van der Waals surface area contributed by atoms with Crippen molar-refractivity contribution in [2.75, 3.05) is 7.05 Å². The molecule has 1 amide bonds. The maximum Gasteiger partial charge on any atom is 0.351 e. The number of carbonyl (C=O) groups excluding carboxylic acids is 1. The summed E-state index contributed by atoms with van der Waals surface area (Å²) in [6.07, 6.45) is 0.478. The Balaban J connectivity index is 2.07. The van der Waals surface area contributed by atoms with Gasteiger partial charge in [-0.15, -0.1) is 5.10 Å². The Morgan fingerprint density at radius 1 is 1.12 bits per heavy atom. The zero-order chi connectivity index (χ0) is 17.8. The van der Waals surface area contributed by atoms with Gasteiger partial charge in [-0.25, -0.2) is 4.79 Å². The number of amides is 1. The molecule has 0 saturated heterocycles. The number of carbonyl (C=O) groups is 1. The van der Waals surface area contributed by atoms with Crippen LogP contribution in [0.25, 0.3) is 5.69 Å². The minimum atomic E-state index is -0.319. The first-order chi connectivity index (χ1) is 12.1. The third-order valence-corrected chi connectivity index (χ3v) is 3.97. The summed E-state index contributed by atoms with van der Waals surface area (Å²) in [6, 6.07) is 17.3. The van der Waals surface area contributed by atoms with E-state index in [4.69, 9.17) is 0 Å². The molecule has 0 bridgehead atoms. The van der Waals surface area contributed by atoms with Gasteiger partial charge >= 0.3 is 5.69 Å². The normalized spacial score (nSPS) is 10.6. The molecule has 2 aromatic carbocycles. The molecule has 0 aliphatic rings. The fourth-order valence-electron chi connectivity index (χ4n) is 2.66. The van der Waals surface area contributed by atoms with E-state index in [2.05, 4.69) is 10.4 Å². The Bertz CT molecular complexity index is 942. The molecule has 128 valence electrons. The number of hydrogen-bond donors (Lipinski definition) is 1. The lowest BCUT2D eigenvalue weighted by Gasteiger charge is -2.04. The van der Waals surface area contributed by atoms with Crippen LogP contribution in [0, 0.1) is 6.92 Å². The highest BCUT2D eigenvalue weighted by atomic mass is 16.2. The van der Waals surface area contributed by atoms with Crippen molar-refractivity contribution in [3.8, 4) is 5.69 Å². The molecule has 1 aromatic heterocycles. The third kappa shape index (κ3) is 3.68. The van der Waals surface area contributed by atoms with Crippen LogP contribution in [0.4, 0.5) is 0 Å². The van der Waals surface area contributed by atoms with Crippen LogP contribution in [0.15, 0.2) is 59.4 Å². The van der Waals surface area contributed by atoms with Gasteiger partial charge in [-0.2, -0.15) is 4.68 Å². The highest BCUT2D eigenvalue weighted by Gasteiger charge is 2.17. The number of nitrogens with zero attached hydrogens (tertiary/aromatic N) is 3. The van der Waals surface area contributed by atoms with Gasteiger partial charge in [0.25, 0.3) is 0 Å². The molecule has 25 heavy (non-hydrogen) atoms. The highest BCUT2D eigenvalue weighted by Crippen LogP contribution is 2.10. The van der Waals surface area contributed by atoms with Crippen molar-refractivity contribution in [2.45, 2.75) is 19.9 Å². The summed E-state index contributed by atoms with van der Waals surface area (Å²) in [5.41, 5.74) is 2.44. The van der Waals surface area contributed by atoms with Crippen LogP contribution in [0.2, 0.25) is 0 Å². The van der Waals surface area contributed by atoms with E-state index < -0.39 is 0 Å². The molecule has 0 saturated carbocycles. The second-order valence-corrected chi connectivity index (χ2v) is 5.87. The molecule has 0 aliphatic heterocycles. The topological polar surface area (TPSA) is 68.9 Å². The standard InChI is InChI=1S/C19H20N4O2/c1-14-7-6-10-16(11-14)23-19(25)22(13-18(24)20-2)17(21-23)12-15-8-4-3-5-9-15/h3-11H,12-13H2,1-2H3,(H,20,24). The second kappa shape index (κ2) is 7.17. The van der Waals surface area contributed by atoms with E-state index in [1.165, 1.54) is 9.25 Å². The number of benzene rings is 2. The van der Waals surface area contributed by atoms with Gasteiger partial charge in [0.15, 0.2) is 0 Å². The van der Waals surface area contributed by atoms with Gasteiger partial charge in [0.05, 0.1) is 5.69 Å². The number of likely N-dealkylation sites (N-methyl/N-ethyl adjacent to an activating group) is 1. The van der Waals surface area contributed by atoms with Crippen molar-refractivity contribution in [1.82, 2.24) is 19.7 Å². The summed E-state index contributed by atoms with van der Waals surface area (Å²) in [4.78, 5) is 24.7. The lowest BCUT2D eigenvalue weighted by atomic mass is 10.1. The minimum absolute atomic E-state index is 0.0523. The van der Waals surface area contributed by atoms with Crippen LogP contribution in [0.3, 0.4) is 0 Å². The Hall–Kier alpha value is -3.15. The van der Waals surface area contributed by atoms with Gasteiger partial charge in [0.1, 0.15) is 12.4 Å². The van der Waals surface area contributed by atoms with Crippen molar-refractivity contribution in [3.63, 3.8) is 0 Å². The van der Waals surface area contributed by atoms with E-state index in [1.54, 1.807) is 7.05 Å². The van der Waals surface area contributed by atoms with Crippen LogP contribution in [0.1, 0.15) is 17.0 Å². The highest BCUT2D eigenvalue weighted by molar-refractivity contribution is 5.75. The SMILES string of the molecule is CNC(=O)Cn1c(Cc2ccccc2)nn(-c2cccc(C)c2)c1=O. The van der Waals surface area contributed by atoms with Gasteiger partial charge < -0.3 is 5.32 Å². The summed E-state index contributed by atoms with van der Waals surface area (Å²) >= 11 is 0. The fraction of sp³-hybridized carbons (Fsp3) is 0.211. The molecule has 0 unspecified atom stereocenters. The Morgan fingerprint density at radius 2 is 1.88 bits per heavy atom. The molecule has 0 aliphatic carbocycles. The monoisotopic (exact) mass is 336 g/mol. The summed E-state index contributed by atoms with van der Waals surface area (Å²) in [7, 11) is 1.55. The molecular weight excluding hydrogens is 316 g/mol.